The molecule has 31 heavy (non-hydrogen) atoms. The van der Waals surface area contributed by atoms with Crippen molar-refractivity contribution in [2.75, 3.05) is 0 Å². The topological polar surface area (TPSA) is 50.7 Å². The number of carbonyl (C=O) groups excluding carboxylic acids is 1. The van der Waals surface area contributed by atoms with E-state index in [0.717, 1.165) is 11.3 Å². The minimum absolute atomic E-state index is 0.104. The molecule has 0 radical (unpaired) electrons. The number of hydrogen-bond donors (Lipinski definition) is 1. The van der Waals surface area contributed by atoms with Gasteiger partial charge in [0.2, 0.25) is 0 Å². The van der Waals surface area contributed by atoms with Gasteiger partial charge in [-0.2, -0.15) is 5.10 Å². The molecule has 0 aliphatic heterocycles. The SMILES string of the molecule is C/C(=N/NC(=O)c1ccc(COc2ccc(C(C)(C)C)cc2)cc1)c1ccccc1F. The molecule has 1 amide bonds. The van der Waals surface area contributed by atoms with Gasteiger partial charge in [-0.25, -0.2) is 9.82 Å². The normalized spacial score (nSPS) is 11.8. The second-order valence-electron chi connectivity index (χ2n) is 8.38. The van der Waals surface area contributed by atoms with Gasteiger partial charge in [0.15, 0.2) is 0 Å². The fourth-order valence-corrected chi connectivity index (χ4v) is 2.98. The maximum atomic E-state index is 13.8. The summed E-state index contributed by atoms with van der Waals surface area (Å²) in [5.74, 6) is 0.0594. The van der Waals surface area contributed by atoms with E-state index in [-0.39, 0.29) is 17.1 Å². The molecule has 0 fully saturated rings. The molecule has 5 heteroatoms. The number of carbonyl (C=O) groups is 1. The maximum Gasteiger partial charge on any atom is 0.271 e. The van der Waals surface area contributed by atoms with E-state index >= 15 is 0 Å². The van der Waals surface area contributed by atoms with Crippen molar-refractivity contribution in [2.45, 2.75) is 39.7 Å². The summed E-state index contributed by atoms with van der Waals surface area (Å²) in [4.78, 5) is 12.3. The first-order valence-electron chi connectivity index (χ1n) is 10.2. The molecule has 0 aromatic heterocycles. The monoisotopic (exact) mass is 418 g/mol. The molecule has 0 aliphatic rings. The van der Waals surface area contributed by atoms with Gasteiger partial charge in [0, 0.05) is 11.1 Å². The minimum atomic E-state index is -0.379. The van der Waals surface area contributed by atoms with Crippen molar-refractivity contribution in [1.29, 1.82) is 0 Å². The number of hydrogen-bond acceptors (Lipinski definition) is 3. The summed E-state index contributed by atoms with van der Waals surface area (Å²) in [6, 6.07) is 21.5. The highest BCUT2D eigenvalue weighted by Crippen LogP contribution is 2.24. The number of ether oxygens (including phenoxy) is 1. The van der Waals surface area contributed by atoms with Gasteiger partial charge >= 0.3 is 0 Å². The third-order valence-electron chi connectivity index (χ3n) is 4.93. The van der Waals surface area contributed by atoms with E-state index in [1.54, 1.807) is 37.3 Å². The third-order valence-corrected chi connectivity index (χ3v) is 4.93. The summed E-state index contributed by atoms with van der Waals surface area (Å²) in [6.45, 7) is 8.57. The summed E-state index contributed by atoms with van der Waals surface area (Å²) in [7, 11) is 0. The highest BCUT2D eigenvalue weighted by atomic mass is 19.1. The Balaban J connectivity index is 1.56. The zero-order chi connectivity index (χ0) is 22.4. The molecule has 0 heterocycles. The first kappa shape index (κ1) is 22.2. The summed E-state index contributed by atoms with van der Waals surface area (Å²) >= 11 is 0. The van der Waals surface area contributed by atoms with Crippen LogP contribution in [0.4, 0.5) is 4.39 Å². The summed E-state index contributed by atoms with van der Waals surface area (Å²) in [5, 5.41) is 4.01. The zero-order valence-corrected chi connectivity index (χ0v) is 18.3. The van der Waals surface area contributed by atoms with Crippen LogP contribution in [0, 0.1) is 5.82 Å². The van der Waals surface area contributed by atoms with E-state index in [9.17, 15) is 9.18 Å². The maximum absolute atomic E-state index is 13.8. The number of rotatable bonds is 6. The minimum Gasteiger partial charge on any atom is -0.489 e. The van der Waals surface area contributed by atoms with Crippen molar-refractivity contribution in [3.8, 4) is 5.75 Å². The lowest BCUT2D eigenvalue weighted by Crippen LogP contribution is -2.19. The molecule has 0 atom stereocenters. The Hall–Kier alpha value is -3.47. The predicted octanol–water partition coefficient (Wildman–Crippen LogP) is 5.86. The van der Waals surface area contributed by atoms with Crippen molar-refractivity contribution in [2.24, 2.45) is 5.10 Å². The molecule has 0 aliphatic carbocycles. The van der Waals surface area contributed by atoms with E-state index < -0.39 is 0 Å². The predicted molar refractivity (Wildman–Crippen MR) is 122 cm³/mol. The van der Waals surface area contributed by atoms with Crippen molar-refractivity contribution in [3.05, 3.63) is 101 Å². The van der Waals surface area contributed by atoms with E-state index in [1.165, 1.54) is 11.6 Å². The lowest BCUT2D eigenvalue weighted by atomic mass is 9.87. The average Bonchev–Trinajstić information content (AvgIpc) is 2.76. The van der Waals surface area contributed by atoms with Crippen molar-refractivity contribution < 1.29 is 13.9 Å². The highest BCUT2D eigenvalue weighted by Gasteiger charge is 2.13. The second-order valence-corrected chi connectivity index (χ2v) is 8.38. The van der Waals surface area contributed by atoms with Gasteiger partial charge in [0.25, 0.3) is 5.91 Å². The molecule has 0 saturated heterocycles. The number of benzene rings is 3. The van der Waals surface area contributed by atoms with E-state index in [2.05, 4.69) is 43.4 Å². The van der Waals surface area contributed by atoms with E-state index in [4.69, 9.17) is 4.74 Å². The molecule has 0 unspecified atom stereocenters. The Kier molecular flexibility index (Phi) is 6.85. The lowest BCUT2D eigenvalue weighted by Gasteiger charge is -2.19. The largest absolute Gasteiger partial charge is 0.489 e. The Morgan fingerprint density at radius 2 is 1.61 bits per heavy atom. The first-order chi connectivity index (χ1) is 14.7. The van der Waals surface area contributed by atoms with Crippen LogP contribution in [0.1, 0.15) is 54.7 Å². The molecule has 0 saturated carbocycles. The quantitative estimate of drug-likeness (QED) is 0.403. The van der Waals surface area contributed by atoms with Crippen LogP contribution in [-0.2, 0) is 12.0 Å². The Labute approximate surface area is 182 Å². The summed E-state index contributed by atoms with van der Waals surface area (Å²) in [5.41, 5.74) is 5.99. The Morgan fingerprint density at radius 3 is 2.23 bits per heavy atom. The standard InChI is InChI=1S/C26H27FN2O2/c1-18(23-7-5-6-8-24(23)27)28-29-25(30)20-11-9-19(10-12-20)17-31-22-15-13-21(14-16-22)26(2,3)4/h5-16H,17H2,1-4H3,(H,29,30)/b28-18-. The summed E-state index contributed by atoms with van der Waals surface area (Å²) in [6.07, 6.45) is 0. The van der Waals surface area contributed by atoms with Crippen LogP contribution in [0.3, 0.4) is 0 Å². The lowest BCUT2D eigenvalue weighted by molar-refractivity contribution is 0.0954. The molecule has 4 nitrogen and oxygen atoms in total. The molecule has 1 N–H and O–H groups in total. The fraction of sp³-hybridized carbons (Fsp3) is 0.231. The number of hydrazone groups is 1. The van der Waals surface area contributed by atoms with Crippen molar-refractivity contribution in [1.82, 2.24) is 5.43 Å². The molecular weight excluding hydrogens is 391 g/mol. The van der Waals surface area contributed by atoms with Crippen LogP contribution in [0.2, 0.25) is 0 Å². The van der Waals surface area contributed by atoms with Crippen LogP contribution < -0.4 is 10.2 Å². The Morgan fingerprint density at radius 1 is 0.968 bits per heavy atom. The fourth-order valence-electron chi connectivity index (χ4n) is 2.98. The number of nitrogens with zero attached hydrogens (tertiary/aromatic N) is 1. The third kappa shape index (κ3) is 6.01. The van der Waals surface area contributed by atoms with Gasteiger partial charge in [0.1, 0.15) is 18.2 Å². The van der Waals surface area contributed by atoms with Crippen LogP contribution in [0.5, 0.6) is 5.75 Å². The molecule has 3 rings (SSSR count). The second kappa shape index (κ2) is 9.56. The number of nitrogens with one attached hydrogen (secondary N) is 1. The zero-order valence-electron chi connectivity index (χ0n) is 18.3. The molecule has 3 aromatic carbocycles. The molecule has 0 bridgehead atoms. The first-order valence-corrected chi connectivity index (χ1v) is 10.2. The average molecular weight is 419 g/mol. The van der Waals surface area contributed by atoms with Gasteiger partial charge in [-0.15, -0.1) is 0 Å². The van der Waals surface area contributed by atoms with E-state index in [1.807, 2.05) is 24.3 Å². The summed E-state index contributed by atoms with van der Waals surface area (Å²) < 4.78 is 19.6. The number of amides is 1. The van der Waals surface area contributed by atoms with Gasteiger partial charge in [-0.05, 0) is 53.8 Å². The van der Waals surface area contributed by atoms with Gasteiger partial charge in [-0.1, -0.05) is 63.2 Å². The number of halogens is 1. The highest BCUT2D eigenvalue weighted by molar-refractivity contribution is 6.01. The Bertz CT molecular complexity index is 1070. The van der Waals surface area contributed by atoms with Crippen LogP contribution in [0.15, 0.2) is 77.9 Å². The van der Waals surface area contributed by atoms with Gasteiger partial charge in [-0.3, -0.25) is 4.79 Å². The molecule has 0 spiro atoms. The van der Waals surface area contributed by atoms with Crippen molar-refractivity contribution in [3.63, 3.8) is 0 Å². The molecule has 3 aromatic rings. The van der Waals surface area contributed by atoms with Gasteiger partial charge in [0.05, 0.1) is 5.71 Å². The molecule has 160 valence electrons. The van der Waals surface area contributed by atoms with Gasteiger partial charge < -0.3 is 4.74 Å². The van der Waals surface area contributed by atoms with E-state index in [0.29, 0.717) is 23.4 Å². The smallest absolute Gasteiger partial charge is 0.271 e. The van der Waals surface area contributed by atoms with Crippen LogP contribution in [0.25, 0.3) is 0 Å². The van der Waals surface area contributed by atoms with Crippen molar-refractivity contribution >= 4 is 11.6 Å². The van der Waals surface area contributed by atoms with Crippen LogP contribution >= 0.6 is 0 Å². The van der Waals surface area contributed by atoms with Crippen LogP contribution in [-0.4, -0.2) is 11.6 Å². The molecular formula is C26H27FN2O2.